The maximum absolute atomic E-state index is 9.43. The van der Waals surface area contributed by atoms with E-state index in [2.05, 4.69) is 0 Å². The molecule has 0 aromatic rings. The van der Waals surface area contributed by atoms with Crippen molar-refractivity contribution in [1.29, 1.82) is 0 Å². The molecule has 0 aliphatic carbocycles. The Bertz CT molecular complexity index is 126. The zero-order valence-electron chi connectivity index (χ0n) is 6.88. The van der Waals surface area contributed by atoms with Crippen LogP contribution in [0.2, 0.25) is 0 Å². The second-order valence-electron chi connectivity index (χ2n) is 2.81. The zero-order valence-corrected chi connectivity index (χ0v) is 6.88. The SMILES string of the molecule is COC1C[C@H](O)O[C@H](CO)C1O. The third kappa shape index (κ3) is 1.94. The molecular weight excluding hydrogens is 164 g/mol. The van der Waals surface area contributed by atoms with Gasteiger partial charge in [-0.2, -0.15) is 0 Å². The molecule has 0 bridgehead atoms. The molecule has 1 aliphatic rings. The van der Waals surface area contributed by atoms with Gasteiger partial charge in [0.25, 0.3) is 0 Å². The average molecular weight is 178 g/mol. The maximum Gasteiger partial charge on any atom is 0.157 e. The molecule has 5 nitrogen and oxygen atoms in total. The van der Waals surface area contributed by atoms with Crippen LogP contribution in [0, 0.1) is 0 Å². The van der Waals surface area contributed by atoms with E-state index in [9.17, 15) is 5.11 Å². The lowest BCUT2D eigenvalue weighted by Crippen LogP contribution is -2.50. The van der Waals surface area contributed by atoms with Gasteiger partial charge in [0.2, 0.25) is 0 Å². The molecule has 0 amide bonds. The molecule has 72 valence electrons. The predicted octanol–water partition coefficient (Wildman–Crippen LogP) is -1.54. The highest BCUT2D eigenvalue weighted by Crippen LogP contribution is 2.20. The van der Waals surface area contributed by atoms with Gasteiger partial charge in [0, 0.05) is 13.5 Å². The minimum atomic E-state index is -0.963. The fraction of sp³-hybridized carbons (Fsp3) is 1.00. The van der Waals surface area contributed by atoms with Crippen molar-refractivity contribution in [1.82, 2.24) is 0 Å². The van der Waals surface area contributed by atoms with E-state index < -0.39 is 24.6 Å². The van der Waals surface area contributed by atoms with Gasteiger partial charge in [-0.25, -0.2) is 0 Å². The first-order chi connectivity index (χ1) is 5.69. The normalized spacial score (nSPS) is 43.0. The second kappa shape index (κ2) is 4.15. The Hall–Kier alpha value is -0.200. The van der Waals surface area contributed by atoms with Gasteiger partial charge in [0.05, 0.1) is 12.7 Å². The van der Waals surface area contributed by atoms with Crippen molar-refractivity contribution < 1.29 is 24.8 Å². The Morgan fingerprint density at radius 3 is 2.67 bits per heavy atom. The molecule has 12 heavy (non-hydrogen) atoms. The van der Waals surface area contributed by atoms with Crippen molar-refractivity contribution in [2.24, 2.45) is 0 Å². The monoisotopic (exact) mass is 178 g/mol. The minimum absolute atomic E-state index is 0.230. The number of aliphatic hydroxyl groups is 3. The molecule has 0 spiro atoms. The topological polar surface area (TPSA) is 79.2 Å². The standard InChI is InChI=1S/C7H14O5/c1-11-4-2-6(9)12-5(3-8)7(4)10/h4-10H,2-3H2,1H3/t4?,5-,6-,7?/m1/s1. The van der Waals surface area contributed by atoms with E-state index in [1.807, 2.05) is 0 Å². The highest BCUT2D eigenvalue weighted by atomic mass is 16.6. The van der Waals surface area contributed by atoms with Crippen LogP contribution in [0.5, 0.6) is 0 Å². The molecule has 1 heterocycles. The van der Waals surface area contributed by atoms with E-state index >= 15 is 0 Å². The number of methoxy groups -OCH3 is 1. The summed E-state index contributed by atoms with van der Waals surface area (Å²) in [5.74, 6) is 0. The van der Waals surface area contributed by atoms with Crippen LogP contribution in [0.4, 0.5) is 0 Å². The van der Waals surface area contributed by atoms with Crippen LogP contribution in [-0.2, 0) is 9.47 Å². The largest absolute Gasteiger partial charge is 0.394 e. The molecule has 1 rings (SSSR count). The number of ether oxygens (including phenoxy) is 2. The number of rotatable bonds is 2. The number of aliphatic hydroxyl groups excluding tert-OH is 3. The van der Waals surface area contributed by atoms with Crippen LogP contribution in [0.15, 0.2) is 0 Å². The first-order valence-electron chi connectivity index (χ1n) is 3.84. The third-order valence-corrected chi connectivity index (χ3v) is 2.01. The Morgan fingerprint density at radius 1 is 1.50 bits per heavy atom. The van der Waals surface area contributed by atoms with E-state index in [4.69, 9.17) is 19.7 Å². The van der Waals surface area contributed by atoms with Crippen molar-refractivity contribution in [3.8, 4) is 0 Å². The highest BCUT2D eigenvalue weighted by molar-refractivity contribution is 4.82. The molecule has 4 atom stereocenters. The van der Waals surface area contributed by atoms with Crippen molar-refractivity contribution >= 4 is 0 Å². The molecule has 1 fully saturated rings. The van der Waals surface area contributed by atoms with Gasteiger partial charge in [0.15, 0.2) is 6.29 Å². The molecule has 0 radical (unpaired) electrons. The van der Waals surface area contributed by atoms with Crippen molar-refractivity contribution in [3.05, 3.63) is 0 Å². The molecule has 1 saturated heterocycles. The van der Waals surface area contributed by atoms with Crippen LogP contribution < -0.4 is 0 Å². The zero-order chi connectivity index (χ0) is 9.14. The summed E-state index contributed by atoms with van der Waals surface area (Å²) in [5, 5.41) is 27.3. The third-order valence-electron chi connectivity index (χ3n) is 2.01. The Labute approximate surface area is 70.5 Å². The molecule has 0 aromatic heterocycles. The van der Waals surface area contributed by atoms with Gasteiger partial charge >= 0.3 is 0 Å². The summed E-state index contributed by atoms with van der Waals surface area (Å²) in [5.41, 5.74) is 0. The van der Waals surface area contributed by atoms with Crippen molar-refractivity contribution in [2.75, 3.05) is 13.7 Å². The summed E-state index contributed by atoms with van der Waals surface area (Å²) < 4.78 is 9.76. The van der Waals surface area contributed by atoms with Crippen molar-refractivity contribution in [2.45, 2.75) is 31.0 Å². The van der Waals surface area contributed by atoms with Crippen LogP contribution in [0.1, 0.15) is 6.42 Å². The van der Waals surface area contributed by atoms with Gasteiger partial charge in [-0.3, -0.25) is 0 Å². The molecule has 2 unspecified atom stereocenters. The van der Waals surface area contributed by atoms with Gasteiger partial charge < -0.3 is 24.8 Å². The Balaban J connectivity index is 2.55. The summed E-state index contributed by atoms with van der Waals surface area (Å²) in [4.78, 5) is 0. The minimum Gasteiger partial charge on any atom is -0.394 e. The van der Waals surface area contributed by atoms with E-state index in [0.717, 1.165) is 0 Å². The second-order valence-corrected chi connectivity index (χ2v) is 2.81. The first kappa shape index (κ1) is 9.88. The van der Waals surface area contributed by atoms with Gasteiger partial charge in [-0.15, -0.1) is 0 Å². The quantitative estimate of drug-likeness (QED) is 0.477. The van der Waals surface area contributed by atoms with Crippen LogP contribution in [-0.4, -0.2) is 53.6 Å². The molecular formula is C7H14O5. The summed E-state index contributed by atoms with van der Waals surface area (Å²) in [6.45, 7) is -0.321. The van der Waals surface area contributed by atoms with Crippen LogP contribution >= 0.6 is 0 Å². The smallest absolute Gasteiger partial charge is 0.157 e. The lowest BCUT2D eigenvalue weighted by molar-refractivity contribution is -0.243. The maximum atomic E-state index is 9.43. The average Bonchev–Trinajstić information content (AvgIpc) is 2.08. The summed E-state index contributed by atoms with van der Waals surface area (Å²) in [6, 6.07) is 0. The lowest BCUT2D eigenvalue weighted by atomic mass is 10.0. The highest BCUT2D eigenvalue weighted by Gasteiger charge is 2.36. The first-order valence-corrected chi connectivity index (χ1v) is 3.84. The van der Waals surface area contributed by atoms with E-state index in [1.54, 1.807) is 0 Å². The Morgan fingerprint density at radius 2 is 2.17 bits per heavy atom. The van der Waals surface area contributed by atoms with Gasteiger partial charge in [0.1, 0.15) is 12.2 Å². The van der Waals surface area contributed by atoms with Crippen molar-refractivity contribution in [3.63, 3.8) is 0 Å². The predicted molar refractivity (Wildman–Crippen MR) is 39.4 cm³/mol. The molecule has 5 heteroatoms. The van der Waals surface area contributed by atoms with Gasteiger partial charge in [-0.05, 0) is 0 Å². The molecule has 3 N–H and O–H groups in total. The summed E-state index contributed by atoms with van der Waals surface area (Å²) in [7, 11) is 1.44. The lowest BCUT2D eigenvalue weighted by Gasteiger charge is -2.35. The summed E-state index contributed by atoms with van der Waals surface area (Å²) in [6.07, 6.45) is -2.82. The van der Waals surface area contributed by atoms with Gasteiger partial charge in [-0.1, -0.05) is 0 Å². The van der Waals surface area contributed by atoms with E-state index in [0.29, 0.717) is 0 Å². The molecule has 0 saturated carbocycles. The number of hydrogen-bond acceptors (Lipinski definition) is 5. The Kier molecular flexibility index (Phi) is 3.42. The molecule has 0 aromatic carbocycles. The number of hydrogen-bond donors (Lipinski definition) is 3. The van der Waals surface area contributed by atoms with Crippen LogP contribution in [0.25, 0.3) is 0 Å². The molecule has 1 aliphatic heterocycles. The van der Waals surface area contributed by atoms with E-state index in [-0.39, 0.29) is 13.0 Å². The fourth-order valence-electron chi connectivity index (χ4n) is 1.30. The fourth-order valence-corrected chi connectivity index (χ4v) is 1.30. The van der Waals surface area contributed by atoms with Crippen LogP contribution in [0.3, 0.4) is 0 Å². The van der Waals surface area contributed by atoms with E-state index in [1.165, 1.54) is 7.11 Å². The summed E-state index contributed by atoms with van der Waals surface area (Å²) >= 11 is 0.